The molecule has 1 N–H and O–H groups in total. The molecule has 0 aliphatic carbocycles. The summed E-state index contributed by atoms with van der Waals surface area (Å²) in [5.74, 6) is 0. The molecule has 0 spiro atoms. The predicted molar refractivity (Wildman–Crippen MR) is 31.9 cm³/mol. The van der Waals surface area contributed by atoms with Crippen molar-refractivity contribution < 1.29 is 21.6 Å². The fourth-order valence-corrected chi connectivity index (χ4v) is 1.37. The maximum Gasteiger partial charge on any atom is 0.511 e. The van der Waals surface area contributed by atoms with Crippen molar-refractivity contribution in [2.75, 3.05) is 5.45 Å². The molecule has 3 nitrogen and oxygen atoms in total. The van der Waals surface area contributed by atoms with Crippen LogP contribution in [0.1, 0.15) is 0 Å². The summed E-state index contributed by atoms with van der Waals surface area (Å²) >= 11 is 2.49. The lowest BCUT2D eigenvalue weighted by atomic mass is 11.5. The van der Waals surface area contributed by atoms with Crippen LogP contribution in [0.15, 0.2) is 0 Å². The molecule has 0 aromatic heterocycles. The minimum absolute atomic E-state index is 0.450. The largest absolute Gasteiger partial charge is 0.511 e. The Kier molecular flexibility index (Phi) is 3.11. The van der Waals surface area contributed by atoms with E-state index in [1.54, 1.807) is 0 Å². The van der Waals surface area contributed by atoms with Crippen molar-refractivity contribution in [3.05, 3.63) is 0 Å². The average molecular weight is 242 g/mol. The van der Waals surface area contributed by atoms with Gasteiger partial charge in [-0.2, -0.15) is 17.9 Å². The van der Waals surface area contributed by atoms with Gasteiger partial charge in [0.05, 0.1) is 5.45 Å². The molecule has 0 aliphatic heterocycles. The van der Waals surface area contributed by atoms with E-state index in [1.165, 1.54) is 4.72 Å². The van der Waals surface area contributed by atoms with Crippen LogP contribution in [0.5, 0.6) is 0 Å². The fraction of sp³-hybridized carbons (Fsp3) is 1.00. The highest BCUT2D eigenvalue weighted by Crippen LogP contribution is 2.21. The lowest BCUT2D eigenvalue weighted by Crippen LogP contribution is -2.35. The molecule has 0 fully saturated rings. The summed E-state index contributed by atoms with van der Waals surface area (Å²) in [5.41, 5.74) is -5.67. The molecule has 0 aliphatic rings. The monoisotopic (exact) mass is 241 g/mol. The number of sulfonamides is 1. The molecular formula is C2H3BrF3NO2S. The number of halogens is 4. The maximum atomic E-state index is 11.3. The van der Waals surface area contributed by atoms with Crippen molar-refractivity contribution in [3.63, 3.8) is 0 Å². The Bertz CT molecular complexity index is 197. The second-order valence-corrected chi connectivity index (χ2v) is 3.55. The van der Waals surface area contributed by atoms with Gasteiger partial charge in [-0.25, -0.2) is 8.42 Å². The summed E-state index contributed by atoms with van der Waals surface area (Å²) in [7, 11) is -5.14. The normalized spacial score (nSPS) is 13.6. The molecule has 0 aromatic carbocycles. The molecule has 0 bridgehead atoms. The number of rotatable bonds is 2. The van der Waals surface area contributed by atoms with Gasteiger partial charge in [0.15, 0.2) is 0 Å². The summed E-state index contributed by atoms with van der Waals surface area (Å²) in [5, 5.41) is 0. The van der Waals surface area contributed by atoms with E-state index in [0.29, 0.717) is 0 Å². The Morgan fingerprint density at radius 3 is 1.90 bits per heavy atom. The van der Waals surface area contributed by atoms with E-state index in [0.717, 1.165) is 0 Å². The number of hydrogen-bond donors (Lipinski definition) is 1. The van der Waals surface area contributed by atoms with Gasteiger partial charge in [0, 0.05) is 0 Å². The van der Waals surface area contributed by atoms with Crippen molar-refractivity contribution in [2.45, 2.75) is 5.51 Å². The molecule has 0 saturated heterocycles. The Labute approximate surface area is 63.8 Å². The van der Waals surface area contributed by atoms with Crippen LogP contribution in [0.2, 0.25) is 0 Å². The first-order valence-corrected chi connectivity index (χ1v) is 4.53. The molecule has 0 heterocycles. The summed E-state index contributed by atoms with van der Waals surface area (Å²) in [6.07, 6.45) is 0. The molecule has 0 saturated carbocycles. The maximum absolute atomic E-state index is 11.3. The molecule has 8 heteroatoms. The average Bonchev–Trinajstić information content (AvgIpc) is 1.61. The zero-order valence-electron chi connectivity index (χ0n) is 4.44. The SMILES string of the molecule is O=S(=O)(NCBr)C(F)(F)F. The first kappa shape index (κ1) is 10.2. The molecule has 10 heavy (non-hydrogen) atoms. The van der Waals surface area contributed by atoms with Gasteiger partial charge >= 0.3 is 15.5 Å². The van der Waals surface area contributed by atoms with Crippen molar-refractivity contribution in [1.82, 2.24) is 4.72 Å². The molecule has 0 atom stereocenters. The third-order valence-electron chi connectivity index (χ3n) is 0.549. The lowest BCUT2D eigenvalue weighted by molar-refractivity contribution is -0.0445. The summed E-state index contributed by atoms with van der Waals surface area (Å²) < 4.78 is 55.2. The highest BCUT2D eigenvalue weighted by Gasteiger charge is 2.45. The van der Waals surface area contributed by atoms with Gasteiger partial charge in [-0.15, -0.1) is 0 Å². The zero-order chi connectivity index (χ0) is 8.41. The predicted octanol–water partition coefficient (Wildman–Crippen LogP) is 0.778. The van der Waals surface area contributed by atoms with Crippen LogP contribution >= 0.6 is 15.9 Å². The fourth-order valence-electron chi connectivity index (χ4n) is 0.154. The van der Waals surface area contributed by atoms with Gasteiger partial charge in [-0.05, 0) is 0 Å². The second kappa shape index (κ2) is 3.05. The van der Waals surface area contributed by atoms with Gasteiger partial charge in [0.25, 0.3) is 0 Å². The molecule has 0 radical (unpaired) electrons. The van der Waals surface area contributed by atoms with E-state index in [9.17, 15) is 21.6 Å². The van der Waals surface area contributed by atoms with Crippen LogP contribution in [0, 0.1) is 0 Å². The summed E-state index contributed by atoms with van der Waals surface area (Å²) in [6.45, 7) is 0. The molecule has 0 unspecified atom stereocenters. The Morgan fingerprint density at radius 2 is 1.80 bits per heavy atom. The first-order valence-electron chi connectivity index (χ1n) is 1.93. The third-order valence-corrected chi connectivity index (χ3v) is 2.33. The summed E-state index contributed by atoms with van der Waals surface area (Å²) in [4.78, 5) is 0. The minimum Gasteiger partial charge on any atom is -0.203 e. The van der Waals surface area contributed by atoms with Crippen LogP contribution < -0.4 is 4.72 Å². The Morgan fingerprint density at radius 1 is 1.40 bits per heavy atom. The topological polar surface area (TPSA) is 46.2 Å². The standard InChI is InChI=1S/C2H3BrF3NO2S/c3-1-7-10(8,9)2(4,5)6/h7H,1H2. The number of alkyl halides is 4. The van der Waals surface area contributed by atoms with Crippen molar-refractivity contribution >= 4 is 26.0 Å². The van der Waals surface area contributed by atoms with E-state index in [1.807, 2.05) is 0 Å². The molecular weight excluding hydrogens is 239 g/mol. The van der Waals surface area contributed by atoms with Crippen molar-refractivity contribution in [2.24, 2.45) is 0 Å². The molecule has 0 aromatic rings. The van der Waals surface area contributed by atoms with Gasteiger partial charge in [0.2, 0.25) is 0 Å². The molecule has 0 amide bonds. The second-order valence-electron chi connectivity index (χ2n) is 1.23. The first-order chi connectivity index (χ1) is 4.31. The van der Waals surface area contributed by atoms with Gasteiger partial charge in [-0.3, -0.25) is 0 Å². The zero-order valence-corrected chi connectivity index (χ0v) is 6.85. The van der Waals surface area contributed by atoms with Crippen molar-refractivity contribution in [1.29, 1.82) is 0 Å². The highest BCUT2D eigenvalue weighted by molar-refractivity contribution is 9.09. The number of nitrogens with one attached hydrogen (secondary N) is 1. The lowest BCUT2D eigenvalue weighted by Gasteiger charge is -2.05. The molecule has 62 valence electrons. The van der Waals surface area contributed by atoms with E-state index in [4.69, 9.17) is 0 Å². The van der Waals surface area contributed by atoms with E-state index < -0.39 is 21.0 Å². The van der Waals surface area contributed by atoms with Gasteiger partial charge in [0.1, 0.15) is 0 Å². The third kappa shape index (κ3) is 2.43. The smallest absolute Gasteiger partial charge is 0.203 e. The number of hydrogen-bond acceptors (Lipinski definition) is 2. The van der Waals surface area contributed by atoms with Gasteiger partial charge in [-0.1, -0.05) is 15.9 Å². The van der Waals surface area contributed by atoms with Crippen LogP contribution in [0.25, 0.3) is 0 Å². The van der Waals surface area contributed by atoms with Crippen molar-refractivity contribution in [3.8, 4) is 0 Å². The highest BCUT2D eigenvalue weighted by atomic mass is 79.9. The van der Waals surface area contributed by atoms with Gasteiger partial charge < -0.3 is 0 Å². The Hall–Kier alpha value is 0.180. The van der Waals surface area contributed by atoms with E-state index in [-0.39, 0.29) is 0 Å². The van der Waals surface area contributed by atoms with Crippen LogP contribution in [-0.2, 0) is 10.0 Å². The molecule has 0 rings (SSSR count). The summed E-state index contributed by atoms with van der Waals surface area (Å²) in [6, 6.07) is 0. The Balaban J connectivity index is 4.44. The van der Waals surface area contributed by atoms with Crippen LogP contribution in [0.4, 0.5) is 13.2 Å². The quantitative estimate of drug-likeness (QED) is 0.574. The van der Waals surface area contributed by atoms with E-state index >= 15 is 0 Å². The minimum atomic E-state index is -5.22. The van der Waals surface area contributed by atoms with Crippen LogP contribution in [-0.4, -0.2) is 19.4 Å². The van der Waals surface area contributed by atoms with E-state index in [2.05, 4.69) is 15.9 Å². The van der Waals surface area contributed by atoms with Crippen LogP contribution in [0.3, 0.4) is 0 Å².